The number of urea groups is 1. The van der Waals surface area contributed by atoms with E-state index in [1.807, 2.05) is 6.07 Å². The predicted octanol–water partition coefficient (Wildman–Crippen LogP) is 2.29. The SMILES string of the molecule is COc1ccc(NC(=O)Nc2cccc(C#N)c2)cc1C(=O)NCCCN. The minimum Gasteiger partial charge on any atom is -0.496 e. The van der Waals surface area contributed by atoms with Crippen molar-refractivity contribution in [2.45, 2.75) is 6.42 Å². The molecule has 0 aromatic heterocycles. The van der Waals surface area contributed by atoms with Crippen molar-refractivity contribution in [1.82, 2.24) is 5.32 Å². The molecular formula is C19H21N5O3. The number of carbonyl (C=O) groups excluding carboxylic acids is 2. The van der Waals surface area contributed by atoms with Crippen LogP contribution in [0, 0.1) is 11.3 Å². The van der Waals surface area contributed by atoms with Crippen molar-refractivity contribution in [3.05, 3.63) is 53.6 Å². The van der Waals surface area contributed by atoms with E-state index in [1.165, 1.54) is 13.2 Å². The Morgan fingerprint density at radius 2 is 1.89 bits per heavy atom. The van der Waals surface area contributed by atoms with Crippen LogP contribution in [0.2, 0.25) is 0 Å². The Morgan fingerprint density at radius 1 is 1.15 bits per heavy atom. The molecule has 0 atom stereocenters. The van der Waals surface area contributed by atoms with E-state index in [4.69, 9.17) is 15.7 Å². The Hall–Kier alpha value is -3.57. The first-order valence-electron chi connectivity index (χ1n) is 8.32. The number of nitriles is 1. The van der Waals surface area contributed by atoms with Gasteiger partial charge in [-0.1, -0.05) is 6.07 Å². The first-order valence-corrected chi connectivity index (χ1v) is 8.32. The molecule has 0 bridgehead atoms. The van der Waals surface area contributed by atoms with Gasteiger partial charge in [0.15, 0.2) is 0 Å². The number of carbonyl (C=O) groups is 2. The van der Waals surface area contributed by atoms with Crippen LogP contribution >= 0.6 is 0 Å². The maximum Gasteiger partial charge on any atom is 0.323 e. The fourth-order valence-corrected chi connectivity index (χ4v) is 2.32. The summed E-state index contributed by atoms with van der Waals surface area (Å²) in [5.41, 5.74) is 7.08. The van der Waals surface area contributed by atoms with Crippen LogP contribution in [0.15, 0.2) is 42.5 Å². The topological polar surface area (TPSA) is 129 Å². The Bertz CT molecular complexity index is 861. The summed E-state index contributed by atoms with van der Waals surface area (Å²) in [7, 11) is 1.47. The Kier molecular flexibility index (Phi) is 7.16. The van der Waals surface area contributed by atoms with Gasteiger partial charge in [-0.25, -0.2) is 4.79 Å². The third kappa shape index (κ3) is 5.73. The van der Waals surface area contributed by atoms with Crippen molar-refractivity contribution in [2.75, 3.05) is 30.8 Å². The highest BCUT2D eigenvalue weighted by Gasteiger charge is 2.14. The van der Waals surface area contributed by atoms with E-state index >= 15 is 0 Å². The van der Waals surface area contributed by atoms with Crippen LogP contribution < -0.4 is 26.4 Å². The van der Waals surface area contributed by atoms with Gasteiger partial charge in [-0.2, -0.15) is 5.26 Å². The number of hydrogen-bond acceptors (Lipinski definition) is 5. The van der Waals surface area contributed by atoms with E-state index in [9.17, 15) is 9.59 Å². The molecule has 2 aromatic carbocycles. The minimum absolute atomic E-state index is 0.304. The number of nitrogens with two attached hydrogens (primary N) is 1. The summed E-state index contributed by atoms with van der Waals surface area (Å²) in [6.07, 6.45) is 0.663. The number of amides is 3. The second kappa shape index (κ2) is 9.79. The molecule has 27 heavy (non-hydrogen) atoms. The first-order chi connectivity index (χ1) is 13.1. The van der Waals surface area contributed by atoms with E-state index in [0.717, 1.165) is 0 Å². The molecule has 0 fully saturated rings. The van der Waals surface area contributed by atoms with Crippen molar-refractivity contribution in [1.29, 1.82) is 5.26 Å². The average molecular weight is 367 g/mol. The molecule has 0 aliphatic rings. The molecule has 140 valence electrons. The van der Waals surface area contributed by atoms with Gasteiger partial charge in [-0.05, 0) is 49.4 Å². The number of nitrogens with zero attached hydrogens (tertiary/aromatic N) is 1. The lowest BCUT2D eigenvalue weighted by molar-refractivity contribution is 0.0950. The summed E-state index contributed by atoms with van der Waals surface area (Å²) in [6.45, 7) is 0.929. The molecule has 0 heterocycles. The molecule has 2 rings (SSSR count). The monoisotopic (exact) mass is 367 g/mol. The Labute approximate surface area is 157 Å². The number of benzene rings is 2. The van der Waals surface area contributed by atoms with Crippen LogP contribution in [0.1, 0.15) is 22.3 Å². The lowest BCUT2D eigenvalue weighted by Gasteiger charge is -2.12. The summed E-state index contributed by atoms with van der Waals surface area (Å²) in [4.78, 5) is 24.5. The maximum atomic E-state index is 12.3. The largest absolute Gasteiger partial charge is 0.496 e. The van der Waals surface area contributed by atoms with E-state index in [2.05, 4.69) is 16.0 Å². The summed E-state index contributed by atoms with van der Waals surface area (Å²) >= 11 is 0. The summed E-state index contributed by atoms with van der Waals surface area (Å²) in [5.74, 6) is 0.0824. The van der Waals surface area contributed by atoms with Crippen molar-refractivity contribution in [3.63, 3.8) is 0 Å². The molecule has 0 aliphatic carbocycles. The van der Waals surface area contributed by atoms with Crippen molar-refractivity contribution in [3.8, 4) is 11.8 Å². The average Bonchev–Trinajstić information content (AvgIpc) is 2.68. The van der Waals surface area contributed by atoms with Gasteiger partial charge in [-0.3, -0.25) is 4.79 Å². The van der Waals surface area contributed by atoms with E-state index in [-0.39, 0.29) is 5.91 Å². The summed E-state index contributed by atoms with van der Waals surface area (Å²) in [6, 6.07) is 12.8. The molecule has 8 nitrogen and oxygen atoms in total. The molecule has 0 radical (unpaired) electrons. The van der Waals surface area contributed by atoms with Crippen LogP contribution in [0.25, 0.3) is 0 Å². The Balaban J connectivity index is 2.09. The molecule has 3 amide bonds. The molecule has 5 N–H and O–H groups in total. The van der Waals surface area contributed by atoms with Crippen molar-refractivity contribution in [2.24, 2.45) is 5.73 Å². The zero-order valence-corrected chi connectivity index (χ0v) is 14.9. The third-order valence-electron chi connectivity index (χ3n) is 3.62. The standard InChI is InChI=1S/C19H21N5O3/c1-27-17-7-6-15(11-16(17)18(25)22-9-3-8-20)24-19(26)23-14-5-2-4-13(10-14)12-21/h2,4-7,10-11H,3,8-9,20H2,1H3,(H,22,25)(H2,23,24,26). The quantitative estimate of drug-likeness (QED) is 0.558. The lowest BCUT2D eigenvalue weighted by atomic mass is 10.1. The summed E-state index contributed by atoms with van der Waals surface area (Å²) < 4.78 is 5.21. The fourth-order valence-electron chi connectivity index (χ4n) is 2.32. The number of nitrogens with one attached hydrogen (secondary N) is 3. The molecule has 0 saturated heterocycles. The number of anilines is 2. The molecule has 0 spiro atoms. The van der Waals surface area contributed by atoms with E-state index in [0.29, 0.717) is 47.8 Å². The van der Waals surface area contributed by atoms with Crippen LogP contribution in [0.3, 0.4) is 0 Å². The number of rotatable bonds is 7. The second-order valence-electron chi connectivity index (χ2n) is 5.58. The number of ether oxygens (including phenoxy) is 1. The van der Waals surface area contributed by atoms with Gasteiger partial charge < -0.3 is 26.4 Å². The van der Waals surface area contributed by atoms with Gasteiger partial charge in [0.2, 0.25) is 0 Å². The van der Waals surface area contributed by atoms with Gasteiger partial charge in [0.25, 0.3) is 5.91 Å². The van der Waals surface area contributed by atoms with Gasteiger partial charge in [0, 0.05) is 17.9 Å². The minimum atomic E-state index is -0.496. The maximum absolute atomic E-state index is 12.3. The van der Waals surface area contributed by atoms with Gasteiger partial charge in [0.1, 0.15) is 5.75 Å². The fraction of sp³-hybridized carbons (Fsp3) is 0.211. The van der Waals surface area contributed by atoms with E-state index in [1.54, 1.807) is 36.4 Å². The highest BCUT2D eigenvalue weighted by Crippen LogP contribution is 2.23. The van der Waals surface area contributed by atoms with Crippen LogP contribution in [-0.2, 0) is 0 Å². The zero-order valence-electron chi connectivity index (χ0n) is 14.9. The number of hydrogen-bond donors (Lipinski definition) is 4. The molecule has 0 unspecified atom stereocenters. The van der Waals surface area contributed by atoms with Crippen LogP contribution in [0.4, 0.5) is 16.2 Å². The normalized spacial score (nSPS) is 9.81. The first kappa shape index (κ1) is 19.8. The smallest absolute Gasteiger partial charge is 0.323 e. The van der Waals surface area contributed by atoms with Gasteiger partial charge in [-0.15, -0.1) is 0 Å². The summed E-state index contributed by atoms with van der Waals surface area (Å²) in [5, 5.41) is 16.9. The second-order valence-corrected chi connectivity index (χ2v) is 5.58. The molecule has 8 heteroatoms. The third-order valence-corrected chi connectivity index (χ3v) is 3.62. The molecular weight excluding hydrogens is 346 g/mol. The van der Waals surface area contributed by atoms with Gasteiger partial charge >= 0.3 is 6.03 Å². The van der Waals surface area contributed by atoms with Crippen molar-refractivity contribution < 1.29 is 14.3 Å². The predicted molar refractivity (Wildman–Crippen MR) is 103 cm³/mol. The number of methoxy groups -OCH3 is 1. The molecule has 0 aliphatic heterocycles. The zero-order chi connectivity index (χ0) is 19.6. The lowest BCUT2D eigenvalue weighted by Crippen LogP contribution is -2.26. The molecule has 0 saturated carbocycles. The van der Waals surface area contributed by atoms with Gasteiger partial charge in [0.05, 0.1) is 24.3 Å². The van der Waals surface area contributed by atoms with Crippen LogP contribution in [-0.4, -0.2) is 32.1 Å². The van der Waals surface area contributed by atoms with E-state index < -0.39 is 6.03 Å². The highest BCUT2D eigenvalue weighted by molar-refractivity contribution is 6.02. The van der Waals surface area contributed by atoms with Crippen molar-refractivity contribution >= 4 is 23.3 Å². The molecule has 2 aromatic rings. The Morgan fingerprint density at radius 3 is 2.56 bits per heavy atom. The van der Waals surface area contributed by atoms with Crippen LogP contribution in [0.5, 0.6) is 5.75 Å². The highest BCUT2D eigenvalue weighted by atomic mass is 16.5.